The minimum Gasteiger partial charge on any atom is -0.451 e. The van der Waals surface area contributed by atoms with Crippen LogP contribution in [0.25, 0.3) is 5.69 Å². The molecule has 0 aliphatic rings. The summed E-state index contributed by atoms with van der Waals surface area (Å²) in [5.74, 6) is -1.06. The maximum atomic E-state index is 12.4. The number of esters is 1. The molecule has 7 nitrogen and oxygen atoms in total. The van der Waals surface area contributed by atoms with Crippen molar-refractivity contribution in [2.24, 2.45) is 0 Å². The van der Waals surface area contributed by atoms with Gasteiger partial charge in [0.15, 0.2) is 22.6 Å². The number of benzene rings is 1. The summed E-state index contributed by atoms with van der Waals surface area (Å²) in [6.07, 6.45) is 3.32. The minimum atomic E-state index is -0.618. The number of rotatable bonds is 6. The molecule has 0 radical (unpaired) electrons. The molecular weight excluding hydrogens is 372 g/mol. The second-order valence-electron chi connectivity index (χ2n) is 5.22. The lowest BCUT2D eigenvalue weighted by molar-refractivity contribution is -0.119. The second kappa shape index (κ2) is 8.15. The number of carbonyl (C=O) groups excluding carboxylic acids is 2. The molecule has 2 aromatic heterocycles. The van der Waals surface area contributed by atoms with E-state index in [9.17, 15) is 9.59 Å². The average Bonchev–Trinajstić information content (AvgIpc) is 3.26. The number of aromatic nitrogens is 3. The Morgan fingerprint density at radius 2 is 2.08 bits per heavy atom. The molecule has 1 N–H and O–H groups in total. The number of anilines is 1. The van der Waals surface area contributed by atoms with E-state index < -0.39 is 18.5 Å². The third kappa shape index (κ3) is 4.12. The number of para-hydroxylation sites is 1. The summed E-state index contributed by atoms with van der Waals surface area (Å²) in [6, 6.07) is 9.38. The van der Waals surface area contributed by atoms with E-state index in [1.165, 1.54) is 29.3 Å². The Bertz CT molecular complexity index is 921. The third-order valence-corrected chi connectivity index (χ3v) is 4.86. The SMILES string of the molecule is CSc1ncc(C(=O)OCC(=O)Nc2nc(C)cs2)n1-c1ccccc1. The highest BCUT2D eigenvalue weighted by atomic mass is 32.2. The van der Waals surface area contributed by atoms with Gasteiger partial charge in [-0.3, -0.25) is 14.7 Å². The summed E-state index contributed by atoms with van der Waals surface area (Å²) < 4.78 is 6.85. The van der Waals surface area contributed by atoms with Crippen LogP contribution >= 0.6 is 23.1 Å². The number of hydrogen-bond donors (Lipinski definition) is 1. The first-order chi connectivity index (χ1) is 12.6. The van der Waals surface area contributed by atoms with Crippen molar-refractivity contribution in [3.05, 3.63) is 53.3 Å². The van der Waals surface area contributed by atoms with Gasteiger partial charge < -0.3 is 4.74 Å². The van der Waals surface area contributed by atoms with Crippen LogP contribution in [0.5, 0.6) is 0 Å². The lowest BCUT2D eigenvalue weighted by atomic mass is 10.3. The van der Waals surface area contributed by atoms with Crippen molar-refractivity contribution < 1.29 is 14.3 Å². The van der Waals surface area contributed by atoms with E-state index >= 15 is 0 Å². The Labute approximate surface area is 158 Å². The van der Waals surface area contributed by atoms with E-state index in [1.807, 2.05) is 48.9 Å². The Balaban J connectivity index is 1.70. The molecule has 0 unspecified atom stereocenters. The van der Waals surface area contributed by atoms with Crippen LogP contribution in [0, 0.1) is 6.92 Å². The van der Waals surface area contributed by atoms with Crippen molar-refractivity contribution in [1.29, 1.82) is 0 Å². The zero-order valence-electron chi connectivity index (χ0n) is 14.1. The molecule has 3 rings (SSSR count). The van der Waals surface area contributed by atoms with Gasteiger partial charge in [-0.2, -0.15) is 0 Å². The first-order valence-electron chi connectivity index (χ1n) is 7.64. The fourth-order valence-electron chi connectivity index (χ4n) is 2.22. The van der Waals surface area contributed by atoms with E-state index in [0.717, 1.165) is 11.4 Å². The highest BCUT2D eigenvalue weighted by Gasteiger charge is 2.20. The minimum absolute atomic E-state index is 0.262. The monoisotopic (exact) mass is 388 g/mol. The normalized spacial score (nSPS) is 10.5. The van der Waals surface area contributed by atoms with Crippen molar-refractivity contribution >= 4 is 40.1 Å². The van der Waals surface area contributed by atoms with E-state index in [-0.39, 0.29) is 5.69 Å². The number of hydrogen-bond acceptors (Lipinski definition) is 7. The van der Waals surface area contributed by atoms with Crippen molar-refractivity contribution in [2.75, 3.05) is 18.2 Å². The van der Waals surface area contributed by atoms with E-state index in [4.69, 9.17) is 4.74 Å². The lowest BCUT2D eigenvalue weighted by Gasteiger charge is -2.10. The molecule has 134 valence electrons. The number of ether oxygens (including phenoxy) is 1. The van der Waals surface area contributed by atoms with Gasteiger partial charge in [0.1, 0.15) is 0 Å². The number of nitrogens with one attached hydrogen (secondary N) is 1. The molecule has 3 aromatic rings. The van der Waals surface area contributed by atoms with Crippen LogP contribution in [0.15, 0.2) is 47.1 Å². The molecule has 0 saturated heterocycles. The first kappa shape index (κ1) is 18.2. The van der Waals surface area contributed by atoms with E-state index in [1.54, 1.807) is 4.57 Å². The van der Waals surface area contributed by atoms with Crippen LogP contribution in [-0.2, 0) is 9.53 Å². The van der Waals surface area contributed by atoms with Crippen molar-refractivity contribution in [3.63, 3.8) is 0 Å². The van der Waals surface area contributed by atoms with E-state index in [2.05, 4.69) is 15.3 Å². The number of thiazole rings is 1. The van der Waals surface area contributed by atoms with Gasteiger partial charge in [-0.05, 0) is 25.3 Å². The summed E-state index contributed by atoms with van der Waals surface area (Å²) in [5.41, 5.74) is 1.88. The van der Waals surface area contributed by atoms with Gasteiger partial charge in [0, 0.05) is 11.1 Å². The van der Waals surface area contributed by atoms with Crippen molar-refractivity contribution in [1.82, 2.24) is 14.5 Å². The van der Waals surface area contributed by atoms with Gasteiger partial charge in [-0.1, -0.05) is 30.0 Å². The van der Waals surface area contributed by atoms with Gasteiger partial charge in [0.2, 0.25) is 0 Å². The number of amides is 1. The zero-order chi connectivity index (χ0) is 18.5. The van der Waals surface area contributed by atoms with Crippen molar-refractivity contribution in [2.45, 2.75) is 12.1 Å². The summed E-state index contributed by atoms with van der Waals surface area (Å²) >= 11 is 2.73. The highest BCUT2D eigenvalue weighted by molar-refractivity contribution is 7.98. The highest BCUT2D eigenvalue weighted by Crippen LogP contribution is 2.22. The largest absolute Gasteiger partial charge is 0.451 e. The molecular formula is C17H16N4O3S2. The lowest BCUT2D eigenvalue weighted by Crippen LogP contribution is -2.22. The van der Waals surface area contributed by atoms with Crippen molar-refractivity contribution in [3.8, 4) is 5.69 Å². The van der Waals surface area contributed by atoms with Gasteiger partial charge in [-0.15, -0.1) is 11.3 Å². The number of thioether (sulfide) groups is 1. The summed E-state index contributed by atoms with van der Waals surface area (Å²) in [6.45, 7) is 1.44. The summed E-state index contributed by atoms with van der Waals surface area (Å²) in [4.78, 5) is 32.7. The van der Waals surface area contributed by atoms with Crippen LogP contribution in [0.3, 0.4) is 0 Å². The number of carbonyl (C=O) groups is 2. The summed E-state index contributed by atoms with van der Waals surface area (Å²) in [5, 5.41) is 5.55. The molecule has 0 spiro atoms. The molecule has 0 fully saturated rings. The number of imidazole rings is 1. The number of aryl methyl sites for hydroxylation is 1. The Kier molecular flexibility index (Phi) is 5.69. The Morgan fingerprint density at radius 3 is 2.73 bits per heavy atom. The van der Waals surface area contributed by atoms with Crippen LogP contribution < -0.4 is 5.32 Å². The van der Waals surface area contributed by atoms with Gasteiger partial charge >= 0.3 is 5.97 Å². The van der Waals surface area contributed by atoms with Crippen LogP contribution in [0.4, 0.5) is 5.13 Å². The standard InChI is InChI=1S/C17H16N4O3S2/c1-11-10-26-16(19-11)20-14(22)9-24-15(23)13-8-18-17(25-2)21(13)12-6-4-3-5-7-12/h3-8,10H,9H2,1-2H3,(H,19,20,22). The molecule has 1 amide bonds. The molecule has 0 atom stereocenters. The second-order valence-corrected chi connectivity index (χ2v) is 6.85. The van der Waals surface area contributed by atoms with Crippen LogP contribution in [-0.4, -0.2) is 39.3 Å². The topological polar surface area (TPSA) is 86.1 Å². The predicted octanol–water partition coefficient (Wildman–Crippen LogP) is 3.15. The smallest absolute Gasteiger partial charge is 0.357 e. The fraction of sp³-hybridized carbons (Fsp3) is 0.176. The van der Waals surface area contributed by atoms with Gasteiger partial charge in [0.05, 0.1) is 11.9 Å². The molecule has 0 aliphatic carbocycles. The number of nitrogens with zero attached hydrogens (tertiary/aromatic N) is 3. The quantitative estimate of drug-likeness (QED) is 0.516. The van der Waals surface area contributed by atoms with Gasteiger partial charge in [-0.25, -0.2) is 14.8 Å². The first-order valence-corrected chi connectivity index (χ1v) is 9.75. The van der Waals surface area contributed by atoms with Gasteiger partial charge in [0.25, 0.3) is 5.91 Å². The molecule has 0 saturated carbocycles. The molecule has 9 heteroatoms. The maximum absolute atomic E-state index is 12.4. The van der Waals surface area contributed by atoms with Crippen LogP contribution in [0.2, 0.25) is 0 Å². The average molecular weight is 388 g/mol. The molecule has 0 aliphatic heterocycles. The molecule has 1 aromatic carbocycles. The summed E-state index contributed by atoms with van der Waals surface area (Å²) in [7, 11) is 0. The fourth-order valence-corrected chi connectivity index (χ4v) is 3.47. The predicted molar refractivity (Wildman–Crippen MR) is 101 cm³/mol. The van der Waals surface area contributed by atoms with Crippen LogP contribution in [0.1, 0.15) is 16.2 Å². The van der Waals surface area contributed by atoms with E-state index in [0.29, 0.717) is 10.3 Å². The Morgan fingerprint density at radius 1 is 1.31 bits per heavy atom. The Hall–Kier alpha value is -2.65. The third-order valence-electron chi connectivity index (χ3n) is 3.34. The molecule has 26 heavy (non-hydrogen) atoms. The molecule has 2 heterocycles. The maximum Gasteiger partial charge on any atom is 0.357 e. The zero-order valence-corrected chi connectivity index (χ0v) is 15.8. The molecule has 0 bridgehead atoms.